The van der Waals surface area contributed by atoms with Gasteiger partial charge in [-0.3, -0.25) is 4.79 Å². The molecule has 0 saturated carbocycles. The molecule has 1 aromatic carbocycles. The second-order valence-corrected chi connectivity index (χ2v) is 4.59. The van der Waals surface area contributed by atoms with Gasteiger partial charge >= 0.3 is 5.97 Å². The van der Waals surface area contributed by atoms with Gasteiger partial charge in [0.25, 0.3) is 5.91 Å². The first-order valence-electron chi connectivity index (χ1n) is 6.22. The summed E-state index contributed by atoms with van der Waals surface area (Å²) in [5.41, 5.74) is 0.557. The summed E-state index contributed by atoms with van der Waals surface area (Å²) in [5.74, 6) is -0.194. The second-order valence-electron chi connectivity index (χ2n) is 4.59. The molecule has 106 valence electrons. The molecule has 7 nitrogen and oxygen atoms in total. The quantitative estimate of drug-likeness (QED) is 0.856. The lowest BCUT2D eigenvalue weighted by atomic mass is 10.2. The molecule has 2 unspecified atom stereocenters. The molecular formula is C13H13NO6. The molecule has 0 radical (unpaired) electrons. The van der Waals surface area contributed by atoms with Crippen molar-refractivity contribution in [3.8, 4) is 11.5 Å². The number of hydrogen-bond acceptors (Lipinski definition) is 5. The molecule has 0 aliphatic carbocycles. The van der Waals surface area contributed by atoms with Gasteiger partial charge in [0, 0.05) is 11.8 Å². The van der Waals surface area contributed by atoms with Crippen molar-refractivity contribution in [1.82, 2.24) is 0 Å². The van der Waals surface area contributed by atoms with Crippen LogP contribution in [0.4, 0.5) is 5.69 Å². The Morgan fingerprint density at radius 1 is 1.15 bits per heavy atom. The van der Waals surface area contributed by atoms with Crippen molar-refractivity contribution in [3.63, 3.8) is 0 Å². The van der Waals surface area contributed by atoms with Gasteiger partial charge in [0.1, 0.15) is 6.10 Å². The minimum atomic E-state index is -1.04. The molecule has 0 spiro atoms. The second kappa shape index (κ2) is 5.01. The Kier molecular flexibility index (Phi) is 3.19. The number of carboxylic acids is 1. The first kappa shape index (κ1) is 12.7. The summed E-state index contributed by atoms with van der Waals surface area (Å²) < 4.78 is 15.6. The Hall–Kier alpha value is -2.28. The van der Waals surface area contributed by atoms with Crippen LogP contribution in [0.3, 0.4) is 0 Å². The van der Waals surface area contributed by atoms with E-state index >= 15 is 0 Å². The van der Waals surface area contributed by atoms with Crippen LogP contribution in [-0.4, -0.2) is 36.0 Å². The maximum Gasteiger partial charge on any atom is 0.332 e. The Morgan fingerprint density at radius 3 is 2.65 bits per heavy atom. The predicted molar refractivity (Wildman–Crippen MR) is 66.7 cm³/mol. The van der Waals surface area contributed by atoms with Crippen LogP contribution in [0.25, 0.3) is 0 Å². The van der Waals surface area contributed by atoms with Crippen molar-refractivity contribution in [2.75, 3.05) is 12.1 Å². The van der Waals surface area contributed by atoms with Gasteiger partial charge in [-0.05, 0) is 25.0 Å². The van der Waals surface area contributed by atoms with Crippen LogP contribution in [0.2, 0.25) is 0 Å². The van der Waals surface area contributed by atoms with E-state index in [0.29, 0.717) is 30.0 Å². The molecule has 2 N–H and O–H groups in total. The number of fused-ring (bicyclic) bond motifs is 1. The van der Waals surface area contributed by atoms with E-state index < -0.39 is 18.2 Å². The lowest BCUT2D eigenvalue weighted by Crippen LogP contribution is -2.29. The van der Waals surface area contributed by atoms with E-state index in [1.165, 1.54) is 0 Å². The fourth-order valence-electron chi connectivity index (χ4n) is 2.21. The van der Waals surface area contributed by atoms with Crippen molar-refractivity contribution in [2.24, 2.45) is 0 Å². The van der Waals surface area contributed by atoms with Crippen molar-refractivity contribution in [3.05, 3.63) is 18.2 Å². The van der Waals surface area contributed by atoms with Gasteiger partial charge in [-0.2, -0.15) is 0 Å². The number of aliphatic carboxylic acids is 1. The van der Waals surface area contributed by atoms with Crippen molar-refractivity contribution in [2.45, 2.75) is 25.0 Å². The number of carbonyl (C=O) groups is 2. The lowest BCUT2D eigenvalue weighted by molar-refractivity contribution is -0.150. The van der Waals surface area contributed by atoms with Crippen molar-refractivity contribution >= 4 is 17.6 Å². The zero-order chi connectivity index (χ0) is 14.1. The zero-order valence-corrected chi connectivity index (χ0v) is 10.5. The Morgan fingerprint density at radius 2 is 1.90 bits per heavy atom. The Balaban J connectivity index is 1.63. The molecular weight excluding hydrogens is 266 g/mol. The Labute approximate surface area is 114 Å². The largest absolute Gasteiger partial charge is 0.479 e. The van der Waals surface area contributed by atoms with Crippen LogP contribution >= 0.6 is 0 Å². The van der Waals surface area contributed by atoms with Crippen molar-refractivity contribution < 1.29 is 28.9 Å². The van der Waals surface area contributed by atoms with Gasteiger partial charge in [-0.1, -0.05) is 0 Å². The number of carboxylic acid groups (broad SMARTS) is 1. The standard InChI is InChI=1S/C13H13NO6/c15-12(9-3-4-10(20-9)13(16)17)14-7-1-2-8-11(5-7)19-6-18-8/h1-2,5,9-10H,3-4,6H2,(H,14,15)(H,16,17). The van der Waals surface area contributed by atoms with Crippen LogP contribution in [0.15, 0.2) is 18.2 Å². The smallest absolute Gasteiger partial charge is 0.332 e. The number of anilines is 1. The van der Waals surface area contributed by atoms with E-state index in [1.807, 2.05) is 0 Å². The first-order valence-corrected chi connectivity index (χ1v) is 6.22. The molecule has 1 aromatic rings. The highest BCUT2D eigenvalue weighted by atomic mass is 16.7. The van der Waals surface area contributed by atoms with Crippen molar-refractivity contribution in [1.29, 1.82) is 0 Å². The van der Waals surface area contributed by atoms with Gasteiger partial charge in [0.05, 0.1) is 0 Å². The molecule has 2 atom stereocenters. The predicted octanol–water partition coefficient (Wildman–Crippen LogP) is 0.986. The highest BCUT2D eigenvalue weighted by molar-refractivity contribution is 5.95. The fraction of sp³-hybridized carbons (Fsp3) is 0.385. The maximum absolute atomic E-state index is 12.0. The third-order valence-electron chi connectivity index (χ3n) is 3.23. The monoisotopic (exact) mass is 279 g/mol. The molecule has 1 amide bonds. The third kappa shape index (κ3) is 2.39. The van der Waals surface area contributed by atoms with E-state index in [-0.39, 0.29) is 12.7 Å². The van der Waals surface area contributed by atoms with Crippen LogP contribution in [-0.2, 0) is 14.3 Å². The normalized spacial score (nSPS) is 23.6. The Bertz CT molecular complexity index is 558. The van der Waals surface area contributed by atoms with Gasteiger partial charge in [0.2, 0.25) is 6.79 Å². The van der Waals surface area contributed by atoms with Crippen LogP contribution in [0.5, 0.6) is 11.5 Å². The molecule has 7 heteroatoms. The minimum absolute atomic E-state index is 0.165. The first-order chi connectivity index (χ1) is 9.63. The lowest BCUT2D eigenvalue weighted by Gasteiger charge is -2.12. The number of amides is 1. The SMILES string of the molecule is O=C(O)C1CCC(C(=O)Nc2ccc3c(c2)OCO3)O1. The molecule has 0 aromatic heterocycles. The molecule has 1 saturated heterocycles. The van der Waals surface area contributed by atoms with E-state index in [4.69, 9.17) is 19.3 Å². The number of hydrogen-bond donors (Lipinski definition) is 2. The molecule has 3 rings (SSSR count). The van der Waals surface area contributed by atoms with Crippen LogP contribution < -0.4 is 14.8 Å². The van der Waals surface area contributed by atoms with Gasteiger partial charge < -0.3 is 24.6 Å². The fourth-order valence-corrected chi connectivity index (χ4v) is 2.21. The van der Waals surface area contributed by atoms with E-state index in [1.54, 1.807) is 18.2 Å². The van der Waals surface area contributed by atoms with E-state index in [2.05, 4.69) is 5.32 Å². The summed E-state index contributed by atoms with van der Waals surface area (Å²) in [6, 6.07) is 5.05. The highest BCUT2D eigenvalue weighted by Gasteiger charge is 2.34. The molecule has 20 heavy (non-hydrogen) atoms. The van der Waals surface area contributed by atoms with Crippen LogP contribution in [0, 0.1) is 0 Å². The van der Waals surface area contributed by atoms with Gasteiger partial charge in [0.15, 0.2) is 17.6 Å². The van der Waals surface area contributed by atoms with E-state index in [9.17, 15) is 9.59 Å². The number of ether oxygens (including phenoxy) is 3. The van der Waals surface area contributed by atoms with Gasteiger partial charge in [-0.15, -0.1) is 0 Å². The zero-order valence-electron chi connectivity index (χ0n) is 10.5. The average molecular weight is 279 g/mol. The average Bonchev–Trinajstić information content (AvgIpc) is 3.07. The summed E-state index contributed by atoms with van der Waals surface area (Å²) >= 11 is 0. The molecule has 1 fully saturated rings. The van der Waals surface area contributed by atoms with Gasteiger partial charge in [-0.25, -0.2) is 4.79 Å². The number of rotatable bonds is 3. The third-order valence-corrected chi connectivity index (χ3v) is 3.23. The summed E-state index contributed by atoms with van der Waals surface area (Å²) in [6.07, 6.45) is -0.897. The maximum atomic E-state index is 12.0. The molecule has 0 bridgehead atoms. The molecule has 2 heterocycles. The molecule has 2 aliphatic rings. The summed E-state index contributed by atoms with van der Waals surface area (Å²) in [5, 5.41) is 11.5. The topological polar surface area (TPSA) is 94.1 Å². The summed E-state index contributed by atoms with van der Waals surface area (Å²) in [6.45, 7) is 0.165. The summed E-state index contributed by atoms with van der Waals surface area (Å²) in [7, 11) is 0. The van der Waals surface area contributed by atoms with Crippen LogP contribution in [0.1, 0.15) is 12.8 Å². The number of nitrogens with one attached hydrogen (secondary N) is 1. The number of carbonyl (C=O) groups excluding carboxylic acids is 1. The minimum Gasteiger partial charge on any atom is -0.479 e. The summed E-state index contributed by atoms with van der Waals surface area (Å²) in [4.78, 5) is 22.8. The molecule has 2 aliphatic heterocycles. The van der Waals surface area contributed by atoms with E-state index in [0.717, 1.165) is 0 Å². The number of benzene rings is 1. The highest BCUT2D eigenvalue weighted by Crippen LogP contribution is 2.34.